The van der Waals surface area contributed by atoms with Crippen molar-refractivity contribution < 1.29 is 9.69 Å². The lowest BCUT2D eigenvalue weighted by Crippen LogP contribution is -3.11. The second-order valence-corrected chi connectivity index (χ2v) is 7.46. The number of likely N-dealkylation sites (N-methyl/N-ethyl adjacent to an activating group) is 1. The summed E-state index contributed by atoms with van der Waals surface area (Å²) in [5, 5.41) is 5.95. The van der Waals surface area contributed by atoms with Crippen LogP contribution in [0, 0.1) is 0 Å². The maximum absolute atomic E-state index is 12.2. The number of carbonyl (C=O) groups is 1. The molecule has 6 nitrogen and oxygen atoms in total. The van der Waals surface area contributed by atoms with Crippen molar-refractivity contribution in [2.75, 3.05) is 13.1 Å². The molecule has 8 heteroatoms. The fourth-order valence-electron chi connectivity index (χ4n) is 2.68. The van der Waals surface area contributed by atoms with Crippen molar-refractivity contribution in [3.8, 4) is 0 Å². The van der Waals surface area contributed by atoms with E-state index in [1.54, 1.807) is 29.5 Å². The van der Waals surface area contributed by atoms with Crippen LogP contribution in [0.15, 0.2) is 40.5 Å². The van der Waals surface area contributed by atoms with Crippen LogP contribution >= 0.6 is 22.9 Å². The standard InChI is InChI=1S/C18H19ClN4O2S/c1-2-23(11-17(24)20-9-13-4-3-7-26-13)10-16-21-15-8-12(19)5-6-14(15)18(25)22-16/h3-8H,2,9-11H2,1H3,(H,20,24)(H,21,22,25)/p+1. The topological polar surface area (TPSA) is 79.3 Å². The number of hydrogen-bond donors (Lipinski definition) is 3. The molecule has 0 saturated carbocycles. The van der Waals surface area contributed by atoms with Crippen molar-refractivity contribution in [2.45, 2.75) is 20.0 Å². The van der Waals surface area contributed by atoms with Gasteiger partial charge in [0.05, 0.1) is 24.0 Å². The zero-order valence-electron chi connectivity index (χ0n) is 14.3. The first kappa shape index (κ1) is 18.6. The molecule has 2 heterocycles. The molecular weight excluding hydrogens is 372 g/mol. The molecule has 0 aliphatic heterocycles. The van der Waals surface area contributed by atoms with Crippen LogP contribution in [0.1, 0.15) is 17.6 Å². The Morgan fingerprint density at radius 3 is 2.96 bits per heavy atom. The van der Waals surface area contributed by atoms with Crippen molar-refractivity contribution in [1.29, 1.82) is 0 Å². The molecule has 1 amide bonds. The van der Waals surface area contributed by atoms with Gasteiger partial charge in [-0.25, -0.2) is 4.98 Å². The lowest BCUT2D eigenvalue weighted by atomic mass is 10.2. The van der Waals surface area contributed by atoms with Crippen molar-refractivity contribution in [1.82, 2.24) is 15.3 Å². The third-order valence-corrected chi connectivity index (χ3v) is 5.20. The monoisotopic (exact) mass is 391 g/mol. The molecule has 0 radical (unpaired) electrons. The summed E-state index contributed by atoms with van der Waals surface area (Å²) in [7, 11) is 0. The average Bonchev–Trinajstić information content (AvgIpc) is 3.12. The minimum Gasteiger partial charge on any atom is -0.346 e. The van der Waals surface area contributed by atoms with Gasteiger partial charge in [0.15, 0.2) is 12.4 Å². The summed E-state index contributed by atoms with van der Waals surface area (Å²) in [5.74, 6) is 0.522. The molecule has 0 aliphatic carbocycles. The van der Waals surface area contributed by atoms with Gasteiger partial charge < -0.3 is 15.2 Å². The summed E-state index contributed by atoms with van der Waals surface area (Å²) in [5.41, 5.74) is 0.369. The Balaban J connectivity index is 1.66. The smallest absolute Gasteiger partial charge is 0.275 e. The first-order valence-corrected chi connectivity index (χ1v) is 9.62. The van der Waals surface area contributed by atoms with Crippen LogP contribution in [-0.4, -0.2) is 29.0 Å². The number of rotatable bonds is 7. The van der Waals surface area contributed by atoms with E-state index in [1.165, 1.54) is 0 Å². The van der Waals surface area contributed by atoms with Gasteiger partial charge in [-0.1, -0.05) is 17.7 Å². The third kappa shape index (κ3) is 4.69. The number of quaternary nitrogens is 1. The van der Waals surface area contributed by atoms with E-state index in [4.69, 9.17) is 11.6 Å². The van der Waals surface area contributed by atoms with Crippen LogP contribution in [0.2, 0.25) is 5.02 Å². The van der Waals surface area contributed by atoms with E-state index in [0.717, 1.165) is 16.3 Å². The molecule has 26 heavy (non-hydrogen) atoms. The Morgan fingerprint density at radius 1 is 1.38 bits per heavy atom. The predicted molar refractivity (Wildman–Crippen MR) is 104 cm³/mol. The molecule has 0 aliphatic rings. The SMILES string of the molecule is CC[NH+](CC(=O)NCc1cccs1)Cc1nc2cc(Cl)ccc2c(=O)[nH]1. The highest BCUT2D eigenvalue weighted by Gasteiger charge is 2.15. The first-order valence-electron chi connectivity index (χ1n) is 8.36. The second kappa shape index (κ2) is 8.44. The molecule has 1 aromatic carbocycles. The number of H-pyrrole nitrogens is 1. The van der Waals surface area contributed by atoms with Gasteiger partial charge in [-0.3, -0.25) is 9.59 Å². The van der Waals surface area contributed by atoms with E-state index >= 15 is 0 Å². The highest BCUT2D eigenvalue weighted by molar-refractivity contribution is 7.09. The summed E-state index contributed by atoms with van der Waals surface area (Å²) in [6, 6.07) is 8.96. The van der Waals surface area contributed by atoms with Crippen LogP contribution < -0.4 is 15.8 Å². The molecule has 0 spiro atoms. The summed E-state index contributed by atoms with van der Waals surface area (Å²) >= 11 is 7.61. The fourth-order valence-corrected chi connectivity index (χ4v) is 3.49. The number of thiophene rings is 1. The number of halogens is 1. The Hall–Kier alpha value is -2.22. The van der Waals surface area contributed by atoms with Crippen molar-refractivity contribution in [2.24, 2.45) is 0 Å². The molecule has 0 saturated heterocycles. The number of amides is 1. The Labute approximate surface area is 159 Å². The van der Waals surface area contributed by atoms with Gasteiger partial charge in [0.25, 0.3) is 11.5 Å². The fraction of sp³-hybridized carbons (Fsp3) is 0.278. The number of aromatic amines is 1. The average molecular weight is 392 g/mol. The number of nitrogens with one attached hydrogen (secondary N) is 3. The van der Waals surface area contributed by atoms with E-state index in [0.29, 0.717) is 41.4 Å². The number of benzene rings is 1. The summed E-state index contributed by atoms with van der Waals surface area (Å²) in [6.45, 7) is 4.05. The minimum absolute atomic E-state index is 0.0265. The van der Waals surface area contributed by atoms with Crippen LogP contribution in [0.3, 0.4) is 0 Å². The van der Waals surface area contributed by atoms with Gasteiger partial charge in [-0.15, -0.1) is 11.3 Å². The van der Waals surface area contributed by atoms with E-state index in [1.807, 2.05) is 24.4 Å². The van der Waals surface area contributed by atoms with E-state index < -0.39 is 0 Å². The number of hydrogen-bond acceptors (Lipinski definition) is 4. The highest BCUT2D eigenvalue weighted by atomic mass is 35.5. The number of nitrogens with zero attached hydrogens (tertiary/aromatic N) is 1. The minimum atomic E-state index is -0.195. The summed E-state index contributed by atoms with van der Waals surface area (Å²) in [4.78, 5) is 33.8. The van der Waals surface area contributed by atoms with Gasteiger partial charge in [0.1, 0.15) is 6.54 Å². The van der Waals surface area contributed by atoms with Gasteiger partial charge in [0.2, 0.25) is 0 Å². The van der Waals surface area contributed by atoms with Gasteiger partial charge in [-0.05, 0) is 36.6 Å². The van der Waals surface area contributed by atoms with Crippen molar-refractivity contribution in [3.05, 3.63) is 61.8 Å². The first-order chi connectivity index (χ1) is 12.5. The number of carbonyl (C=O) groups excluding carboxylic acids is 1. The Kier molecular flexibility index (Phi) is 6.03. The second-order valence-electron chi connectivity index (χ2n) is 5.99. The van der Waals surface area contributed by atoms with Gasteiger partial charge >= 0.3 is 0 Å². The molecule has 3 N–H and O–H groups in total. The van der Waals surface area contributed by atoms with Crippen molar-refractivity contribution in [3.63, 3.8) is 0 Å². The Bertz CT molecular complexity index is 955. The molecule has 0 bridgehead atoms. The Morgan fingerprint density at radius 2 is 2.23 bits per heavy atom. The molecule has 1 unspecified atom stereocenters. The van der Waals surface area contributed by atoms with Crippen LogP contribution in [0.25, 0.3) is 10.9 Å². The van der Waals surface area contributed by atoms with E-state index in [9.17, 15) is 9.59 Å². The molecule has 3 aromatic rings. The summed E-state index contributed by atoms with van der Waals surface area (Å²) < 4.78 is 0. The van der Waals surface area contributed by atoms with Crippen LogP contribution in [0.5, 0.6) is 0 Å². The molecule has 136 valence electrons. The van der Waals surface area contributed by atoms with E-state index in [2.05, 4.69) is 15.3 Å². The molecule has 3 rings (SSSR count). The summed E-state index contributed by atoms with van der Waals surface area (Å²) in [6.07, 6.45) is 0. The molecule has 1 atom stereocenters. The number of aromatic nitrogens is 2. The lowest BCUT2D eigenvalue weighted by molar-refractivity contribution is -0.904. The zero-order valence-corrected chi connectivity index (χ0v) is 15.9. The van der Waals surface area contributed by atoms with Crippen molar-refractivity contribution >= 4 is 39.7 Å². The zero-order chi connectivity index (χ0) is 18.5. The normalized spacial score (nSPS) is 12.2. The third-order valence-electron chi connectivity index (χ3n) is 4.09. The van der Waals surface area contributed by atoms with E-state index in [-0.39, 0.29) is 11.5 Å². The molecule has 2 aromatic heterocycles. The maximum atomic E-state index is 12.2. The maximum Gasteiger partial charge on any atom is 0.275 e. The lowest BCUT2D eigenvalue weighted by Gasteiger charge is -2.16. The predicted octanol–water partition coefficient (Wildman–Crippen LogP) is 1.36. The molecular formula is C18H20ClN4O2S+. The van der Waals surface area contributed by atoms with Gasteiger partial charge in [-0.2, -0.15) is 0 Å². The van der Waals surface area contributed by atoms with Gasteiger partial charge in [0, 0.05) is 9.90 Å². The largest absolute Gasteiger partial charge is 0.346 e. The molecule has 0 fully saturated rings. The van der Waals surface area contributed by atoms with Crippen LogP contribution in [0.4, 0.5) is 0 Å². The highest BCUT2D eigenvalue weighted by Crippen LogP contribution is 2.14. The van der Waals surface area contributed by atoms with Crippen LogP contribution in [-0.2, 0) is 17.9 Å². The number of fused-ring (bicyclic) bond motifs is 1. The quantitative estimate of drug-likeness (QED) is 0.569.